The maximum absolute atomic E-state index is 12.7. The second-order valence-corrected chi connectivity index (χ2v) is 8.86. The van der Waals surface area contributed by atoms with Crippen LogP contribution >= 0.6 is 0 Å². The number of hydrazone groups is 1. The summed E-state index contributed by atoms with van der Waals surface area (Å²) < 4.78 is 5.63. The molecule has 1 amide bonds. The maximum Gasteiger partial charge on any atom is 0.271 e. The van der Waals surface area contributed by atoms with Gasteiger partial charge in [-0.25, -0.2) is 5.43 Å². The van der Waals surface area contributed by atoms with E-state index >= 15 is 0 Å². The van der Waals surface area contributed by atoms with Crippen molar-refractivity contribution in [3.8, 4) is 5.75 Å². The predicted octanol–water partition coefficient (Wildman–Crippen LogP) is 5.33. The average Bonchev–Trinajstić information content (AvgIpc) is 2.76. The first-order valence-corrected chi connectivity index (χ1v) is 10.6. The third-order valence-corrected chi connectivity index (χ3v) is 6.39. The largest absolute Gasteiger partial charge is 0.496 e. The van der Waals surface area contributed by atoms with Gasteiger partial charge in [0.1, 0.15) is 5.75 Å². The molecule has 0 aromatic heterocycles. The van der Waals surface area contributed by atoms with Gasteiger partial charge in [0.05, 0.1) is 13.3 Å². The topological polar surface area (TPSA) is 53.9 Å². The molecule has 4 rings (SSSR count). The number of amides is 1. The van der Waals surface area contributed by atoms with Crippen LogP contribution < -0.4 is 15.1 Å². The molecule has 0 saturated carbocycles. The lowest BCUT2D eigenvalue weighted by atomic mass is 9.80. The lowest BCUT2D eigenvalue weighted by Crippen LogP contribution is -2.45. The highest BCUT2D eigenvalue weighted by Gasteiger charge is 2.34. The minimum atomic E-state index is -0.236. The summed E-state index contributed by atoms with van der Waals surface area (Å²) in [6, 6.07) is 17.7. The lowest BCUT2D eigenvalue weighted by Gasteiger charge is -2.45. The number of nitrogens with zero attached hydrogens (tertiary/aromatic N) is 2. The van der Waals surface area contributed by atoms with E-state index in [4.69, 9.17) is 4.74 Å². The van der Waals surface area contributed by atoms with E-state index in [0.29, 0.717) is 11.5 Å². The van der Waals surface area contributed by atoms with Crippen LogP contribution in [0.2, 0.25) is 0 Å². The molecule has 0 spiro atoms. The SMILES string of the molecule is COc1cc2c(cc1/C=N\NC(=O)c1cccc3ccccc13)C(C)CC(C)(C)N2C. The highest BCUT2D eigenvalue weighted by molar-refractivity contribution is 6.07. The van der Waals surface area contributed by atoms with E-state index in [-0.39, 0.29) is 11.4 Å². The molecule has 1 N–H and O–H groups in total. The van der Waals surface area contributed by atoms with Gasteiger partial charge in [-0.1, -0.05) is 43.3 Å². The number of fused-ring (bicyclic) bond motifs is 2. The van der Waals surface area contributed by atoms with Crippen LogP contribution in [-0.4, -0.2) is 31.8 Å². The Morgan fingerprint density at radius 3 is 2.71 bits per heavy atom. The first kappa shape index (κ1) is 20.9. The molecule has 0 radical (unpaired) electrons. The molecule has 3 aromatic carbocycles. The molecule has 1 aliphatic heterocycles. The van der Waals surface area contributed by atoms with E-state index in [0.717, 1.165) is 28.5 Å². The van der Waals surface area contributed by atoms with Crippen LogP contribution in [0, 0.1) is 0 Å². The number of methoxy groups -OCH3 is 1. The fourth-order valence-electron chi connectivity index (χ4n) is 4.53. The Morgan fingerprint density at radius 1 is 1.19 bits per heavy atom. The number of hydrogen-bond donors (Lipinski definition) is 1. The van der Waals surface area contributed by atoms with Gasteiger partial charge in [-0.2, -0.15) is 5.10 Å². The zero-order chi connectivity index (χ0) is 22.2. The molecule has 1 heterocycles. The van der Waals surface area contributed by atoms with Gasteiger partial charge in [-0.15, -0.1) is 0 Å². The first-order chi connectivity index (χ1) is 14.8. The number of benzene rings is 3. The molecular formula is C26H29N3O2. The van der Waals surface area contributed by atoms with Gasteiger partial charge in [0.25, 0.3) is 5.91 Å². The second kappa shape index (κ2) is 8.06. The van der Waals surface area contributed by atoms with Crippen LogP contribution in [0.4, 0.5) is 5.69 Å². The van der Waals surface area contributed by atoms with E-state index in [9.17, 15) is 4.79 Å². The fourth-order valence-corrected chi connectivity index (χ4v) is 4.53. The van der Waals surface area contributed by atoms with Gasteiger partial charge in [0, 0.05) is 35.5 Å². The van der Waals surface area contributed by atoms with Gasteiger partial charge in [0.15, 0.2) is 0 Å². The zero-order valence-electron chi connectivity index (χ0n) is 18.8. The Balaban J connectivity index is 1.61. The summed E-state index contributed by atoms with van der Waals surface area (Å²) in [5.41, 5.74) is 6.65. The number of nitrogens with one attached hydrogen (secondary N) is 1. The van der Waals surface area contributed by atoms with Crippen LogP contribution in [-0.2, 0) is 0 Å². The molecule has 1 atom stereocenters. The molecule has 0 aliphatic carbocycles. The van der Waals surface area contributed by atoms with Crippen molar-refractivity contribution in [2.24, 2.45) is 5.10 Å². The molecule has 3 aromatic rings. The molecule has 0 bridgehead atoms. The fraction of sp³-hybridized carbons (Fsp3) is 0.308. The summed E-state index contributed by atoms with van der Waals surface area (Å²) in [5, 5.41) is 6.17. The maximum atomic E-state index is 12.7. The van der Waals surface area contributed by atoms with Crippen molar-refractivity contribution in [1.82, 2.24) is 5.43 Å². The summed E-state index contributed by atoms with van der Waals surface area (Å²) in [4.78, 5) is 15.1. The third-order valence-electron chi connectivity index (χ3n) is 6.39. The van der Waals surface area contributed by atoms with Crippen molar-refractivity contribution >= 4 is 28.6 Å². The minimum Gasteiger partial charge on any atom is -0.496 e. The van der Waals surface area contributed by atoms with Crippen molar-refractivity contribution in [1.29, 1.82) is 0 Å². The smallest absolute Gasteiger partial charge is 0.271 e. The van der Waals surface area contributed by atoms with Crippen molar-refractivity contribution in [3.05, 3.63) is 71.3 Å². The summed E-state index contributed by atoms with van der Waals surface area (Å²) in [5.74, 6) is 0.919. The molecule has 0 fully saturated rings. The first-order valence-electron chi connectivity index (χ1n) is 10.6. The summed E-state index contributed by atoms with van der Waals surface area (Å²) in [6.07, 6.45) is 2.73. The Bertz CT molecular complexity index is 1160. The number of hydrogen-bond acceptors (Lipinski definition) is 4. The lowest BCUT2D eigenvalue weighted by molar-refractivity contribution is 0.0957. The second-order valence-electron chi connectivity index (χ2n) is 8.86. The molecule has 1 unspecified atom stereocenters. The molecule has 0 saturated heterocycles. The molecule has 1 aliphatic rings. The number of carbonyl (C=O) groups excluding carboxylic acids is 1. The Hall–Kier alpha value is -3.34. The van der Waals surface area contributed by atoms with Gasteiger partial charge >= 0.3 is 0 Å². The van der Waals surface area contributed by atoms with Gasteiger partial charge in [0.2, 0.25) is 0 Å². The quantitative estimate of drug-likeness (QED) is 0.463. The van der Waals surface area contributed by atoms with Crippen LogP contribution in [0.15, 0.2) is 59.7 Å². The summed E-state index contributed by atoms with van der Waals surface area (Å²) >= 11 is 0. The average molecular weight is 416 g/mol. The number of anilines is 1. The Kier molecular flexibility index (Phi) is 5.44. The van der Waals surface area contributed by atoms with E-state index in [2.05, 4.69) is 55.4 Å². The Morgan fingerprint density at radius 2 is 1.94 bits per heavy atom. The van der Waals surface area contributed by atoms with Crippen molar-refractivity contribution in [3.63, 3.8) is 0 Å². The molecule has 5 heteroatoms. The number of carbonyl (C=O) groups is 1. The monoisotopic (exact) mass is 415 g/mol. The van der Waals surface area contributed by atoms with Gasteiger partial charge in [-0.3, -0.25) is 4.79 Å². The summed E-state index contributed by atoms with van der Waals surface area (Å²) in [7, 11) is 3.79. The molecular weight excluding hydrogens is 386 g/mol. The van der Waals surface area contributed by atoms with Gasteiger partial charge < -0.3 is 9.64 Å². The van der Waals surface area contributed by atoms with Crippen LogP contribution in [0.25, 0.3) is 10.8 Å². The van der Waals surface area contributed by atoms with E-state index in [1.54, 1.807) is 13.3 Å². The van der Waals surface area contributed by atoms with Gasteiger partial charge in [-0.05, 0) is 54.7 Å². The minimum absolute atomic E-state index is 0.0828. The van der Waals surface area contributed by atoms with E-state index < -0.39 is 0 Å². The van der Waals surface area contributed by atoms with Crippen molar-refractivity contribution in [2.45, 2.75) is 38.6 Å². The predicted molar refractivity (Wildman–Crippen MR) is 128 cm³/mol. The normalized spacial score (nSPS) is 17.6. The van der Waals surface area contributed by atoms with Crippen LogP contribution in [0.3, 0.4) is 0 Å². The highest BCUT2D eigenvalue weighted by atomic mass is 16.5. The zero-order valence-corrected chi connectivity index (χ0v) is 18.8. The molecule has 160 valence electrons. The van der Waals surface area contributed by atoms with E-state index in [1.165, 1.54) is 11.3 Å². The number of ether oxygens (including phenoxy) is 1. The Labute approximate surface area is 183 Å². The number of rotatable bonds is 4. The van der Waals surface area contributed by atoms with Crippen LogP contribution in [0.5, 0.6) is 5.75 Å². The molecule has 31 heavy (non-hydrogen) atoms. The molecule has 5 nitrogen and oxygen atoms in total. The third kappa shape index (κ3) is 3.88. The standard InChI is InChI=1S/C26H29N3O2/c1-17-15-26(2,3)29(4)23-14-24(31-5)19(13-22(17)23)16-27-28-25(30)21-12-8-10-18-9-6-7-11-20(18)21/h6-14,16-17H,15H2,1-5H3,(H,28,30)/b27-16-. The summed E-state index contributed by atoms with van der Waals surface area (Å²) in [6.45, 7) is 6.78. The van der Waals surface area contributed by atoms with Crippen molar-refractivity contribution < 1.29 is 9.53 Å². The highest BCUT2D eigenvalue weighted by Crippen LogP contribution is 2.44. The van der Waals surface area contributed by atoms with Crippen molar-refractivity contribution in [2.75, 3.05) is 19.1 Å². The van der Waals surface area contributed by atoms with E-state index in [1.807, 2.05) is 42.5 Å². The van der Waals surface area contributed by atoms with Crippen LogP contribution in [0.1, 0.15) is 54.6 Å².